The molecular formula is C19H22N4O2S. The van der Waals surface area contributed by atoms with Gasteiger partial charge in [0.15, 0.2) is 0 Å². The second-order valence-corrected chi connectivity index (χ2v) is 9.46. The van der Waals surface area contributed by atoms with E-state index in [1.807, 2.05) is 25.1 Å². The second kappa shape index (κ2) is 6.34. The van der Waals surface area contributed by atoms with Crippen LogP contribution in [0.2, 0.25) is 0 Å². The molecule has 0 aromatic heterocycles. The van der Waals surface area contributed by atoms with Crippen LogP contribution in [-0.2, 0) is 15.4 Å². The molecule has 3 rings (SSSR count). The molecule has 0 radical (unpaired) electrons. The van der Waals surface area contributed by atoms with Gasteiger partial charge in [0.25, 0.3) is 10.0 Å². The van der Waals surface area contributed by atoms with E-state index in [0.717, 1.165) is 16.7 Å². The van der Waals surface area contributed by atoms with Gasteiger partial charge in [0.1, 0.15) is 0 Å². The zero-order chi connectivity index (χ0) is 19.1. The molecule has 0 saturated heterocycles. The Bertz CT molecular complexity index is 985. The lowest BCUT2D eigenvalue weighted by atomic mass is 9.85. The summed E-state index contributed by atoms with van der Waals surface area (Å²) in [5.74, 6) is 0. The molecular weight excluding hydrogens is 348 g/mol. The maximum atomic E-state index is 13.1. The predicted octanol–water partition coefficient (Wildman–Crippen LogP) is 4.85. The van der Waals surface area contributed by atoms with Crippen molar-refractivity contribution in [1.82, 2.24) is 0 Å². The lowest BCUT2D eigenvalue weighted by Gasteiger charge is -2.22. The van der Waals surface area contributed by atoms with E-state index >= 15 is 0 Å². The first-order chi connectivity index (χ1) is 12.1. The van der Waals surface area contributed by atoms with Crippen LogP contribution >= 0.6 is 0 Å². The van der Waals surface area contributed by atoms with Crippen molar-refractivity contribution in [1.29, 1.82) is 0 Å². The molecule has 1 unspecified atom stereocenters. The Hall–Kier alpha value is -2.50. The Balaban J connectivity index is 2.12. The molecule has 0 spiro atoms. The van der Waals surface area contributed by atoms with Crippen LogP contribution in [0, 0.1) is 6.92 Å². The summed E-state index contributed by atoms with van der Waals surface area (Å²) in [5.41, 5.74) is 12.2. The van der Waals surface area contributed by atoms with E-state index in [4.69, 9.17) is 5.53 Å². The number of hydrogen-bond donors (Lipinski definition) is 0. The average Bonchev–Trinajstić information content (AvgIpc) is 2.94. The van der Waals surface area contributed by atoms with E-state index in [0.29, 0.717) is 5.69 Å². The number of anilines is 1. The molecule has 7 heteroatoms. The fraction of sp³-hybridized carbons (Fsp3) is 0.368. The number of nitrogens with zero attached hydrogens (tertiary/aromatic N) is 4. The molecule has 1 aliphatic heterocycles. The minimum atomic E-state index is -3.72. The number of aryl methyl sites for hydroxylation is 1. The van der Waals surface area contributed by atoms with Gasteiger partial charge in [-0.15, -0.1) is 0 Å². The first-order valence-electron chi connectivity index (χ1n) is 8.42. The summed E-state index contributed by atoms with van der Waals surface area (Å²) < 4.78 is 27.6. The third-order valence-electron chi connectivity index (χ3n) is 4.66. The van der Waals surface area contributed by atoms with Crippen molar-refractivity contribution in [3.8, 4) is 0 Å². The molecule has 2 aromatic carbocycles. The van der Waals surface area contributed by atoms with Crippen LogP contribution in [0.1, 0.15) is 43.5 Å². The summed E-state index contributed by atoms with van der Waals surface area (Å²) >= 11 is 0. The maximum absolute atomic E-state index is 13.1. The van der Waals surface area contributed by atoms with Crippen molar-refractivity contribution in [3.05, 3.63) is 69.6 Å². The van der Waals surface area contributed by atoms with Gasteiger partial charge in [-0.2, -0.15) is 0 Å². The molecule has 6 nitrogen and oxygen atoms in total. The zero-order valence-electron chi connectivity index (χ0n) is 15.3. The summed E-state index contributed by atoms with van der Waals surface area (Å²) in [4.78, 5) is 3.14. The summed E-state index contributed by atoms with van der Waals surface area (Å²) in [6.45, 7) is 8.30. The minimum absolute atomic E-state index is 0.0841. The summed E-state index contributed by atoms with van der Waals surface area (Å²) in [7, 11) is -3.72. The lowest BCUT2D eigenvalue weighted by Crippen LogP contribution is -2.29. The van der Waals surface area contributed by atoms with E-state index in [9.17, 15) is 8.42 Å². The Morgan fingerprint density at radius 3 is 2.38 bits per heavy atom. The fourth-order valence-electron chi connectivity index (χ4n) is 3.09. The standard InChI is InChI=1S/C19H22N4O2S/c1-13-5-8-15(9-6-13)26(24,25)23-12-17(21-22-20)16-11-14(19(2,3)4)7-10-18(16)23/h5-11,17H,12H2,1-4H3. The molecule has 1 aliphatic rings. The van der Waals surface area contributed by atoms with Crippen LogP contribution in [0.5, 0.6) is 0 Å². The normalized spacial score (nSPS) is 16.9. The molecule has 2 aromatic rings. The highest BCUT2D eigenvalue weighted by atomic mass is 32.2. The summed E-state index contributed by atoms with van der Waals surface area (Å²) in [6.07, 6.45) is 0. The van der Waals surface area contributed by atoms with E-state index in [2.05, 4.69) is 30.8 Å². The van der Waals surface area contributed by atoms with Crippen molar-refractivity contribution in [3.63, 3.8) is 0 Å². The highest BCUT2D eigenvalue weighted by molar-refractivity contribution is 7.92. The quantitative estimate of drug-likeness (QED) is 0.439. The molecule has 0 saturated carbocycles. The molecule has 0 aliphatic carbocycles. The van der Waals surface area contributed by atoms with Crippen molar-refractivity contribution in [2.24, 2.45) is 5.11 Å². The fourth-order valence-corrected chi connectivity index (χ4v) is 4.59. The van der Waals surface area contributed by atoms with Gasteiger partial charge >= 0.3 is 0 Å². The third kappa shape index (κ3) is 3.16. The first-order valence-corrected chi connectivity index (χ1v) is 9.86. The van der Waals surface area contributed by atoms with Crippen LogP contribution in [0.15, 0.2) is 52.5 Å². The van der Waals surface area contributed by atoms with E-state index in [-0.39, 0.29) is 16.9 Å². The Labute approximate surface area is 154 Å². The van der Waals surface area contributed by atoms with Crippen molar-refractivity contribution < 1.29 is 8.42 Å². The summed E-state index contributed by atoms with van der Waals surface area (Å²) in [6, 6.07) is 11.9. The third-order valence-corrected chi connectivity index (χ3v) is 6.45. The highest BCUT2D eigenvalue weighted by Gasteiger charge is 2.37. The average molecular weight is 370 g/mol. The lowest BCUT2D eigenvalue weighted by molar-refractivity contribution is 0.587. The van der Waals surface area contributed by atoms with Gasteiger partial charge in [-0.05, 0) is 47.2 Å². The number of fused-ring (bicyclic) bond motifs is 1. The smallest absolute Gasteiger partial charge is 0.264 e. The monoisotopic (exact) mass is 370 g/mol. The van der Waals surface area contributed by atoms with Gasteiger partial charge in [-0.25, -0.2) is 8.42 Å². The molecule has 136 valence electrons. The molecule has 26 heavy (non-hydrogen) atoms. The van der Waals surface area contributed by atoms with Gasteiger partial charge in [-0.1, -0.05) is 55.7 Å². The zero-order valence-corrected chi connectivity index (χ0v) is 16.2. The molecule has 0 N–H and O–H groups in total. The van der Waals surface area contributed by atoms with E-state index in [1.54, 1.807) is 24.3 Å². The molecule has 1 heterocycles. The second-order valence-electron chi connectivity index (χ2n) is 7.59. The van der Waals surface area contributed by atoms with Crippen LogP contribution < -0.4 is 4.31 Å². The van der Waals surface area contributed by atoms with Crippen molar-refractivity contribution in [2.45, 2.75) is 44.0 Å². The Kier molecular flexibility index (Phi) is 4.46. The molecule has 0 bridgehead atoms. The highest BCUT2D eigenvalue weighted by Crippen LogP contribution is 2.42. The van der Waals surface area contributed by atoms with Crippen molar-refractivity contribution in [2.75, 3.05) is 10.8 Å². The minimum Gasteiger partial charge on any atom is -0.265 e. The summed E-state index contributed by atoms with van der Waals surface area (Å²) in [5, 5.41) is 3.83. The number of azide groups is 1. The van der Waals surface area contributed by atoms with E-state index < -0.39 is 16.1 Å². The largest absolute Gasteiger partial charge is 0.265 e. The molecule has 1 atom stereocenters. The SMILES string of the molecule is Cc1ccc(S(=O)(=O)N2CC(N=[N+]=[N-])c3cc(C(C)(C)C)ccc32)cc1. The number of sulfonamides is 1. The topological polar surface area (TPSA) is 86.1 Å². The van der Waals surface area contributed by atoms with Crippen LogP contribution in [-0.4, -0.2) is 15.0 Å². The van der Waals surface area contributed by atoms with Crippen LogP contribution in [0.4, 0.5) is 5.69 Å². The molecule has 0 fully saturated rings. The van der Waals surface area contributed by atoms with Crippen LogP contribution in [0.3, 0.4) is 0 Å². The number of hydrogen-bond acceptors (Lipinski definition) is 3. The Morgan fingerprint density at radius 2 is 1.81 bits per heavy atom. The Morgan fingerprint density at radius 1 is 1.15 bits per heavy atom. The van der Waals surface area contributed by atoms with Gasteiger partial charge in [-0.3, -0.25) is 4.31 Å². The van der Waals surface area contributed by atoms with Gasteiger partial charge < -0.3 is 0 Å². The van der Waals surface area contributed by atoms with Crippen molar-refractivity contribution >= 4 is 15.7 Å². The number of rotatable bonds is 3. The number of benzene rings is 2. The predicted molar refractivity (Wildman–Crippen MR) is 103 cm³/mol. The van der Waals surface area contributed by atoms with Crippen LogP contribution in [0.25, 0.3) is 10.4 Å². The maximum Gasteiger partial charge on any atom is 0.264 e. The van der Waals surface area contributed by atoms with E-state index in [1.165, 1.54) is 4.31 Å². The van der Waals surface area contributed by atoms with Gasteiger partial charge in [0.2, 0.25) is 0 Å². The first kappa shape index (κ1) is 18.3. The van der Waals surface area contributed by atoms with Gasteiger partial charge in [0.05, 0.1) is 16.6 Å². The van der Waals surface area contributed by atoms with Gasteiger partial charge in [0, 0.05) is 11.5 Å². The molecule has 0 amide bonds.